The van der Waals surface area contributed by atoms with Crippen LogP contribution in [0.3, 0.4) is 0 Å². The van der Waals surface area contributed by atoms with E-state index in [0.717, 1.165) is 17.7 Å². The number of ketones is 1. The smallest absolute Gasteiger partial charge is 0.295 e. The van der Waals surface area contributed by atoms with Gasteiger partial charge in [-0.25, -0.2) is 8.78 Å². The number of hydrogen-bond donors (Lipinski definition) is 5. The highest BCUT2D eigenvalue weighted by atomic mass is 32.2. The number of aromatic amines is 2. The molecule has 0 bridgehead atoms. The molecular formula is C53H50F2N10O9S. The first-order chi connectivity index (χ1) is 36.0. The van der Waals surface area contributed by atoms with Crippen LogP contribution in [0.5, 0.6) is 0 Å². The summed E-state index contributed by atoms with van der Waals surface area (Å²) in [6.45, 7) is 3.49. The Morgan fingerprint density at radius 2 is 0.933 bits per heavy atom. The molecule has 75 heavy (non-hydrogen) atoms. The molecule has 0 aliphatic carbocycles. The zero-order valence-corrected chi connectivity index (χ0v) is 41.6. The van der Waals surface area contributed by atoms with Crippen LogP contribution in [0.25, 0.3) is 21.8 Å². The molecular weight excluding hydrogens is 991 g/mol. The molecule has 386 valence electrons. The molecule has 22 heteroatoms. The van der Waals surface area contributed by atoms with Crippen LogP contribution in [-0.2, 0) is 19.6 Å². The van der Waals surface area contributed by atoms with Gasteiger partial charge in [-0.05, 0) is 67.6 Å². The number of aryl methyl sites for hydroxylation is 1. The van der Waals surface area contributed by atoms with Crippen LogP contribution in [0.2, 0.25) is 0 Å². The lowest BCUT2D eigenvalue weighted by atomic mass is 10.0. The predicted octanol–water partition coefficient (Wildman–Crippen LogP) is 4.48. The monoisotopic (exact) mass is 1040 g/mol. The first-order valence-electron chi connectivity index (χ1n) is 23.5. The summed E-state index contributed by atoms with van der Waals surface area (Å²) in [6.07, 6.45) is 2.56. The number of sulfonamides is 1. The number of fused-ring (bicyclic) bond motifs is 2. The highest BCUT2D eigenvalue weighted by Gasteiger charge is 2.33. The quantitative estimate of drug-likeness (QED) is 0.0530. The van der Waals surface area contributed by atoms with Crippen LogP contribution in [0.4, 0.5) is 8.78 Å². The van der Waals surface area contributed by atoms with E-state index in [0.29, 0.717) is 11.1 Å². The van der Waals surface area contributed by atoms with Crippen molar-refractivity contribution in [3.05, 3.63) is 172 Å². The topological polar surface area (TPSA) is 247 Å². The van der Waals surface area contributed by atoms with Gasteiger partial charge >= 0.3 is 0 Å². The molecule has 5 N–H and O–H groups in total. The maximum atomic E-state index is 15.3. The van der Waals surface area contributed by atoms with E-state index >= 15 is 4.39 Å². The third-order valence-electron chi connectivity index (χ3n) is 12.8. The third-order valence-corrected chi connectivity index (χ3v) is 14.0. The van der Waals surface area contributed by atoms with Crippen LogP contribution in [0.1, 0.15) is 62.9 Å². The van der Waals surface area contributed by atoms with Crippen LogP contribution in [0.15, 0.2) is 132 Å². The molecule has 9 rings (SSSR count). The second-order valence-electron chi connectivity index (χ2n) is 17.4. The van der Waals surface area contributed by atoms with E-state index in [1.54, 1.807) is 70.5 Å². The molecule has 19 nitrogen and oxygen atoms in total. The number of rotatable bonds is 11. The van der Waals surface area contributed by atoms with Crippen molar-refractivity contribution in [2.75, 3.05) is 66.5 Å². The van der Waals surface area contributed by atoms with E-state index in [2.05, 4.69) is 30.5 Å². The Hall–Kier alpha value is -9.05. The van der Waals surface area contributed by atoms with Crippen molar-refractivity contribution >= 4 is 78.8 Å². The molecule has 0 unspecified atom stereocenters. The molecule has 6 amide bonds. The number of Topliss-reactive ketones (excluding diaryl/α,β-unsaturated/α-hetero) is 1. The first kappa shape index (κ1) is 52.3. The third kappa shape index (κ3) is 11.0. The molecule has 2 saturated heterocycles. The molecule has 2 aliphatic rings. The van der Waals surface area contributed by atoms with Crippen molar-refractivity contribution in [2.45, 2.75) is 11.8 Å². The van der Waals surface area contributed by atoms with E-state index in [4.69, 9.17) is 0 Å². The fourth-order valence-corrected chi connectivity index (χ4v) is 9.50. The summed E-state index contributed by atoms with van der Waals surface area (Å²) in [6, 6.07) is 28.4. The van der Waals surface area contributed by atoms with Crippen molar-refractivity contribution < 1.29 is 50.8 Å². The van der Waals surface area contributed by atoms with Crippen molar-refractivity contribution in [3.8, 4) is 0 Å². The summed E-state index contributed by atoms with van der Waals surface area (Å²) in [7, 11) is -1.32. The molecule has 7 aromatic rings. The van der Waals surface area contributed by atoms with Gasteiger partial charge in [-0.3, -0.25) is 33.6 Å². The van der Waals surface area contributed by atoms with Gasteiger partial charge in [0.15, 0.2) is 5.71 Å². The number of piperazine rings is 2. The lowest BCUT2D eigenvalue weighted by Crippen LogP contribution is -2.52. The van der Waals surface area contributed by atoms with Gasteiger partial charge in [-0.15, -0.1) is 0 Å². The number of carbonyl (C=O) groups excluding carboxylic acids is 7. The van der Waals surface area contributed by atoms with Crippen LogP contribution >= 0.6 is 0 Å². The number of benzene rings is 5. The number of carbonyl (C=O) groups is 7. The van der Waals surface area contributed by atoms with Gasteiger partial charge in [-0.2, -0.15) is 18.4 Å². The van der Waals surface area contributed by atoms with Crippen LogP contribution in [0, 0.1) is 18.6 Å². The zero-order valence-electron chi connectivity index (χ0n) is 40.8. The summed E-state index contributed by atoms with van der Waals surface area (Å²) in [5.74, 6) is -5.00. The first-order valence-corrected chi connectivity index (χ1v) is 25.0. The normalized spacial score (nSPS) is 14.0. The number of H-pyrrole nitrogens is 2. The maximum absolute atomic E-state index is 15.3. The molecule has 4 heterocycles. The van der Waals surface area contributed by atoms with Crippen molar-refractivity contribution in [2.24, 2.45) is 5.10 Å². The maximum Gasteiger partial charge on any atom is 0.295 e. The number of halogens is 2. The summed E-state index contributed by atoms with van der Waals surface area (Å²) in [4.78, 5) is 103. The minimum Gasteiger partial charge on any atom is -0.360 e. The molecule has 0 radical (unpaired) electrons. The SMILES string of the molecule is CNC(=O)c1ccc(F)c2c(C(=NNS(=O)(=O)c3ccc(C)cc3)C(=O)N3CCN(C(=O)c4ccccc4)CC3)c[nH]c12.CNC(=O)c1ccc(F)c2c(C(=O)C(=O)N3CCN(C(=O)c4ccccc4)CC3)c[nH]c12. The summed E-state index contributed by atoms with van der Waals surface area (Å²) < 4.78 is 55.9. The van der Waals surface area contributed by atoms with Gasteiger partial charge in [0.2, 0.25) is 0 Å². The fraction of sp³-hybridized carbons (Fsp3) is 0.208. The molecule has 2 fully saturated rings. The van der Waals surface area contributed by atoms with E-state index in [-0.39, 0.29) is 119 Å². The zero-order chi connectivity index (χ0) is 53.6. The van der Waals surface area contributed by atoms with Crippen LogP contribution in [-0.4, -0.2) is 151 Å². The number of aromatic nitrogens is 2. The van der Waals surface area contributed by atoms with Crippen molar-refractivity contribution in [3.63, 3.8) is 0 Å². The number of hydrazone groups is 1. The Kier molecular flexibility index (Phi) is 15.6. The minimum absolute atomic E-state index is 0.0300. The summed E-state index contributed by atoms with van der Waals surface area (Å²) >= 11 is 0. The Morgan fingerprint density at radius 3 is 1.39 bits per heavy atom. The van der Waals surface area contributed by atoms with Gasteiger partial charge in [0.05, 0.1) is 32.6 Å². The average Bonchev–Trinajstić information content (AvgIpc) is 4.11. The van der Waals surface area contributed by atoms with Gasteiger partial charge in [0.1, 0.15) is 11.6 Å². The van der Waals surface area contributed by atoms with E-state index in [1.807, 2.05) is 19.1 Å². The van der Waals surface area contributed by atoms with Crippen LogP contribution < -0.4 is 15.5 Å². The standard InChI is InChI=1S/C30H29FN6O5S.C23H21FN4O4/c1-19-8-10-21(11-9-19)43(41,42)35-34-27(23-18-33-26-22(28(38)32-2)12-13-24(31)25(23)26)30(40)37-16-14-36(15-17-37)29(39)20-6-4-3-5-7-20;1-25-21(30)15-7-8-17(24)18-16(13-26-19(15)18)20(29)23(32)28-11-9-27(10-12-28)22(31)14-5-3-2-4-6-14/h3-13,18,33,35H,14-17H2,1-2H3,(H,32,38);2-8,13,26H,9-12H2,1H3,(H,25,30). The number of nitrogens with zero attached hydrogens (tertiary/aromatic N) is 5. The van der Waals surface area contributed by atoms with E-state index in [9.17, 15) is 46.4 Å². The Labute approximate surface area is 428 Å². The average molecular weight is 1040 g/mol. The fourth-order valence-electron chi connectivity index (χ4n) is 8.69. The van der Waals surface area contributed by atoms with Crippen molar-refractivity contribution in [1.29, 1.82) is 0 Å². The molecule has 0 atom stereocenters. The lowest BCUT2D eigenvalue weighted by Gasteiger charge is -2.35. The van der Waals surface area contributed by atoms with Gasteiger partial charge in [-0.1, -0.05) is 54.1 Å². The van der Waals surface area contributed by atoms with Gasteiger partial charge in [0, 0.05) is 106 Å². The summed E-state index contributed by atoms with van der Waals surface area (Å²) in [5, 5.41) is 8.77. The van der Waals surface area contributed by atoms with Crippen molar-refractivity contribution in [1.82, 2.24) is 45.0 Å². The summed E-state index contributed by atoms with van der Waals surface area (Å²) in [5.41, 5.74) is 1.97. The second kappa shape index (κ2) is 22.4. The Morgan fingerprint density at radius 1 is 0.520 bits per heavy atom. The highest BCUT2D eigenvalue weighted by Crippen LogP contribution is 2.28. The lowest BCUT2D eigenvalue weighted by molar-refractivity contribution is -0.128. The molecule has 5 aromatic carbocycles. The predicted molar refractivity (Wildman–Crippen MR) is 274 cm³/mol. The Balaban J connectivity index is 0.000000208. The van der Waals surface area contributed by atoms with Gasteiger partial charge < -0.3 is 40.2 Å². The minimum atomic E-state index is -4.20. The second-order valence-corrected chi connectivity index (χ2v) is 19.0. The number of hydrogen-bond acceptors (Lipinski definition) is 10. The molecule has 0 spiro atoms. The number of amides is 6. The largest absolute Gasteiger partial charge is 0.360 e. The highest BCUT2D eigenvalue weighted by molar-refractivity contribution is 7.89. The van der Waals surface area contributed by atoms with E-state index in [1.165, 1.54) is 60.6 Å². The molecule has 0 saturated carbocycles. The Bertz CT molecular complexity index is 3500. The van der Waals surface area contributed by atoms with E-state index < -0.39 is 51.1 Å². The molecule has 2 aromatic heterocycles. The van der Waals surface area contributed by atoms with Gasteiger partial charge in [0.25, 0.3) is 51.2 Å². The molecule has 2 aliphatic heterocycles. The number of nitrogens with one attached hydrogen (secondary N) is 5.